The summed E-state index contributed by atoms with van der Waals surface area (Å²) >= 11 is 8.01. The van der Waals surface area contributed by atoms with Gasteiger partial charge in [-0.05, 0) is 43.6 Å². The lowest BCUT2D eigenvalue weighted by Crippen LogP contribution is -2.29. The van der Waals surface area contributed by atoms with Gasteiger partial charge in [0.2, 0.25) is 0 Å². The molecular formula is C12H16ClNS. The van der Waals surface area contributed by atoms with Gasteiger partial charge in [0.25, 0.3) is 0 Å². The lowest BCUT2D eigenvalue weighted by molar-refractivity contribution is 0.531. The Morgan fingerprint density at radius 2 is 2.13 bits per heavy atom. The summed E-state index contributed by atoms with van der Waals surface area (Å²) in [6, 6.07) is 8.18. The Kier molecular flexibility index (Phi) is 4.36. The normalized spacial score (nSPS) is 17.9. The Bertz CT molecular complexity index is 310. The monoisotopic (exact) mass is 241 g/mol. The Hall–Kier alpha value is -0.180. The highest BCUT2D eigenvalue weighted by atomic mass is 35.5. The average Bonchev–Trinajstić information content (AvgIpc) is 2.28. The van der Waals surface area contributed by atoms with Gasteiger partial charge in [0.15, 0.2) is 0 Å². The number of rotatable bonds is 3. The van der Waals surface area contributed by atoms with Crippen LogP contribution >= 0.6 is 23.4 Å². The van der Waals surface area contributed by atoms with E-state index >= 15 is 0 Å². The van der Waals surface area contributed by atoms with Crippen LogP contribution in [0, 0.1) is 0 Å². The number of halogens is 1. The minimum absolute atomic E-state index is 0.824. The molecule has 1 heterocycles. The third kappa shape index (κ3) is 3.71. The molecule has 0 saturated carbocycles. The summed E-state index contributed by atoms with van der Waals surface area (Å²) in [5.41, 5.74) is 1.34. The molecule has 1 fully saturated rings. The lowest BCUT2D eigenvalue weighted by atomic mass is 10.2. The van der Waals surface area contributed by atoms with Gasteiger partial charge in [0.05, 0.1) is 0 Å². The molecule has 15 heavy (non-hydrogen) atoms. The Morgan fingerprint density at radius 1 is 1.33 bits per heavy atom. The predicted molar refractivity (Wildman–Crippen MR) is 68.6 cm³/mol. The first-order valence-corrected chi connectivity index (χ1v) is 6.84. The number of thioether (sulfide) groups is 1. The van der Waals surface area contributed by atoms with Crippen molar-refractivity contribution in [3.63, 3.8) is 0 Å². The zero-order chi connectivity index (χ0) is 10.5. The maximum absolute atomic E-state index is 5.95. The van der Waals surface area contributed by atoms with Crippen molar-refractivity contribution < 1.29 is 0 Å². The fourth-order valence-corrected chi connectivity index (χ4v) is 3.19. The van der Waals surface area contributed by atoms with Crippen molar-refractivity contribution in [1.29, 1.82) is 0 Å². The van der Waals surface area contributed by atoms with Crippen LogP contribution in [-0.2, 0) is 5.75 Å². The SMILES string of the molecule is Clc1cccc(CSC2CCNCC2)c1. The van der Waals surface area contributed by atoms with Crippen molar-refractivity contribution in [2.24, 2.45) is 0 Å². The van der Waals surface area contributed by atoms with Gasteiger partial charge in [-0.25, -0.2) is 0 Å². The van der Waals surface area contributed by atoms with Gasteiger partial charge >= 0.3 is 0 Å². The Balaban J connectivity index is 1.81. The van der Waals surface area contributed by atoms with Crippen LogP contribution in [0.5, 0.6) is 0 Å². The minimum Gasteiger partial charge on any atom is -0.317 e. The van der Waals surface area contributed by atoms with Crippen molar-refractivity contribution >= 4 is 23.4 Å². The lowest BCUT2D eigenvalue weighted by Gasteiger charge is -2.21. The fraction of sp³-hybridized carbons (Fsp3) is 0.500. The molecule has 0 amide bonds. The van der Waals surface area contributed by atoms with Crippen LogP contribution in [0.15, 0.2) is 24.3 Å². The second-order valence-corrected chi connectivity index (χ2v) is 5.62. The van der Waals surface area contributed by atoms with Crippen LogP contribution in [0.3, 0.4) is 0 Å². The third-order valence-corrected chi connectivity index (χ3v) is 4.34. The van der Waals surface area contributed by atoms with Gasteiger partial charge in [-0.1, -0.05) is 23.7 Å². The van der Waals surface area contributed by atoms with Crippen LogP contribution in [-0.4, -0.2) is 18.3 Å². The average molecular weight is 242 g/mol. The van der Waals surface area contributed by atoms with Gasteiger partial charge in [0.1, 0.15) is 0 Å². The quantitative estimate of drug-likeness (QED) is 0.872. The molecule has 82 valence electrons. The van der Waals surface area contributed by atoms with Crippen molar-refractivity contribution in [2.75, 3.05) is 13.1 Å². The standard InChI is InChI=1S/C12H16ClNS/c13-11-3-1-2-10(8-11)9-15-12-4-6-14-7-5-12/h1-3,8,12,14H,4-7,9H2. The molecule has 0 aromatic heterocycles. The largest absolute Gasteiger partial charge is 0.317 e. The Labute approximate surface area is 101 Å². The summed E-state index contributed by atoms with van der Waals surface area (Å²) in [7, 11) is 0. The molecule has 0 unspecified atom stereocenters. The van der Waals surface area contributed by atoms with E-state index in [2.05, 4.69) is 29.2 Å². The molecule has 0 radical (unpaired) electrons. The number of hydrogen-bond acceptors (Lipinski definition) is 2. The summed E-state index contributed by atoms with van der Waals surface area (Å²) < 4.78 is 0. The molecule has 1 N–H and O–H groups in total. The molecule has 0 aliphatic carbocycles. The smallest absolute Gasteiger partial charge is 0.0409 e. The first kappa shape index (κ1) is 11.3. The number of piperidine rings is 1. The molecule has 1 aromatic carbocycles. The molecule has 1 aromatic rings. The van der Waals surface area contributed by atoms with Crippen LogP contribution in [0.2, 0.25) is 5.02 Å². The van der Waals surface area contributed by atoms with Gasteiger partial charge in [-0.2, -0.15) is 11.8 Å². The summed E-state index contributed by atoms with van der Waals surface area (Å²) in [4.78, 5) is 0. The maximum atomic E-state index is 5.95. The van der Waals surface area contributed by atoms with E-state index < -0.39 is 0 Å². The van der Waals surface area contributed by atoms with Crippen molar-refractivity contribution in [1.82, 2.24) is 5.32 Å². The van der Waals surface area contributed by atoms with Crippen molar-refractivity contribution in [3.05, 3.63) is 34.9 Å². The summed E-state index contributed by atoms with van der Waals surface area (Å²) in [6.45, 7) is 2.35. The van der Waals surface area contributed by atoms with E-state index in [1.807, 2.05) is 12.1 Å². The number of hydrogen-bond donors (Lipinski definition) is 1. The van der Waals surface area contributed by atoms with Gasteiger partial charge in [-0.3, -0.25) is 0 Å². The molecule has 0 spiro atoms. The van der Waals surface area contributed by atoms with E-state index in [1.165, 1.54) is 31.5 Å². The highest BCUT2D eigenvalue weighted by Gasteiger charge is 2.12. The van der Waals surface area contributed by atoms with E-state index in [0.29, 0.717) is 0 Å². The highest BCUT2D eigenvalue weighted by molar-refractivity contribution is 7.99. The second kappa shape index (κ2) is 5.78. The van der Waals surface area contributed by atoms with Gasteiger partial charge < -0.3 is 5.32 Å². The van der Waals surface area contributed by atoms with E-state index in [-0.39, 0.29) is 0 Å². The predicted octanol–water partition coefficient (Wildman–Crippen LogP) is 3.33. The number of benzene rings is 1. The van der Waals surface area contributed by atoms with E-state index in [4.69, 9.17) is 11.6 Å². The van der Waals surface area contributed by atoms with Gasteiger partial charge in [0, 0.05) is 16.0 Å². The molecule has 1 nitrogen and oxygen atoms in total. The van der Waals surface area contributed by atoms with E-state index in [0.717, 1.165) is 16.0 Å². The van der Waals surface area contributed by atoms with Gasteiger partial charge in [-0.15, -0.1) is 0 Å². The van der Waals surface area contributed by atoms with Crippen LogP contribution in [0.1, 0.15) is 18.4 Å². The molecule has 1 aliphatic heterocycles. The first-order valence-electron chi connectivity index (χ1n) is 5.41. The van der Waals surface area contributed by atoms with Crippen molar-refractivity contribution in [2.45, 2.75) is 23.8 Å². The van der Waals surface area contributed by atoms with E-state index in [1.54, 1.807) is 0 Å². The molecular weight excluding hydrogens is 226 g/mol. The summed E-state index contributed by atoms with van der Waals surface area (Å²) in [5.74, 6) is 1.09. The van der Waals surface area contributed by atoms with Crippen LogP contribution < -0.4 is 5.32 Å². The van der Waals surface area contributed by atoms with Crippen LogP contribution in [0.25, 0.3) is 0 Å². The maximum Gasteiger partial charge on any atom is 0.0409 e. The summed E-state index contributed by atoms with van der Waals surface area (Å²) in [6.07, 6.45) is 2.59. The topological polar surface area (TPSA) is 12.0 Å². The molecule has 1 saturated heterocycles. The molecule has 3 heteroatoms. The highest BCUT2D eigenvalue weighted by Crippen LogP contribution is 2.25. The first-order chi connectivity index (χ1) is 7.34. The Morgan fingerprint density at radius 3 is 2.87 bits per heavy atom. The van der Waals surface area contributed by atoms with Crippen molar-refractivity contribution in [3.8, 4) is 0 Å². The molecule has 0 atom stereocenters. The molecule has 1 aliphatic rings. The fourth-order valence-electron chi connectivity index (χ4n) is 1.80. The van der Waals surface area contributed by atoms with E-state index in [9.17, 15) is 0 Å². The minimum atomic E-state index is 0.824. The molecule has 2 rings (SSSR count). The zero-order valence-electron chi connectivity index (χ0n) is 8.71. The summed E-state index contributed by atoms with van der Waals surface area (Å²) in [5, 5.41) is 5.06. The third-order valence-electron chi connectivity index (χ3n) is 2.66. The van der Waals surface area contributed by atoms with Crippen LogP contribution in [0.4, 0.5) is 0 Å². The molecule has 0 bridgehead atoms. The second-order valence-electron chi connectivity index (χ2n) is 3.89. The number of nitrogens with one attached hydrogen (secondary N) is 1. The zero-order valence-corrected chi connectivity index (χ0v) is 10.3.